The molecule has 0 bridgehead atoms. The molecule has 0 aliphatic rings. The van der Waals surface area contributed by atoms with E-state index in [0.717, 1.165) is 26.7 Å². The van der Waals surface area contributed by atoms with Gasteiger partial charge >= 0.3 is 5.69 Å². The van der Waals surface area contributed by atoms with Crippen LogP contribution in [0.3, 0.4) is 0 Å². The van der Waals surface area contributed by atoms with Gasteiger partial charge in [-0.3, -0.25) is 4.57 Å². The minimum absolute atomic E-state index is 0.203. The first-order chi connectivity index (χ1) is 11.7. The van der Waals surface area contributed by atoms with Gasteiger partial charge in [-0.15, -0.1) is 22.7 Å². The van der Waals surface area contributed by atoms with Crippen LogP contribution in [0, 0.1) is 6.92 Å². The SMILES string of the molecule is Cc1nc2c(-c3cccs3)nc(=O)n(CCc3ccccc3)c2s1. The van der Waals surface area contributed by atoms with Gasteiger partial charge in [0, 0.05) is 6.54 Å². The van der Waals surface area contributed by atoms with Crippen LogP contribution in [0.4, 0.5) is 0 Å². The van der Waals surface area contributed by atoms with Gasteiger partial charge < -0.3 is 0 Å². The van der Waals surface area contributed by atoms with Crippen LogP contribution >= 0.6 is 22.7 Å². The van der Waals surface area contributed by atoms with Crippen LogP contribution < -0.4 is 5.69 Å². The smallest absolute Gasteiger partial charge is 0.281 e. The van der Waals surface area contributed by atoms with Crippen LogP contribution in [-0.4, -0.2) is 14.5 Å². The standard InChI is InChI=1S/C18H15N3OS2/c1-12-19-16-15(14-8-5-11-23-14)20-18(22)21(17(16)24-12)10-9-13-6-3-2-4-7-13/h2-8,11H,9-10H2,1H3. The van der Waals surface area contributed by atoms with E-state index in [-0.39, 0.29) is 5.69 Å². The molecule has 0 fully saturated rings. The summed E-state index contributed by atoms with van der Waals surface area (Å²) < 4.78 is 1.75. The summed E-state index contributed by atoms with van der Waals surface area (Å²) in [4.78, 5) is 23.5. The second-order valence-corrected chi connectivity index (χ2v) is 7.62. The van der Waals surface area contributed by atoms with Gasteiger partial charge in [0.05, 0.1) is 9.88 Å². The molecule has 0 spiro atoms. The van der Waals surface area contributed by atoms with Crippen LogP contribution in [-0.2, 0) is 13.0 Å². The van der Waals surface area contributed by atoms with Crippen molar-refractivity contribution in [1.82, 2.24) is 14.5 Å². The summed E-state index contributed by atoms with van der Waals surface area (Å²) in [7, 11) is 0. The molecule has 0 saturated carbocycles. The number of thiazole rings is 1. The lowest BCUT2D eigenvalue weighted by atomic mass is 10.1. The largest absolute Gasteiger partial charge is 0.349 e. The zero-order chi connectivity index (χ0) is 16.5. The maximum atomic E-state index is 12.6. The molecule has 0 amide bonds. The zero-order valence-electron chi connectivity index (χ0n) is 13.1. The van der Waals surface area contributed by atoms with Crippen LogP contribution in [0.2, 0.25) is 0 Å². The van der Waals surface area contributed by atoms with Gasteiger partial charge in [0.1, 0.15) is 16.0 Å². The first-order valence-electron chi connectivity index (χ1n) is 7.68. The van der Waals surface area contributed by atoms with Gasteiger partial charge in [-0.1, -0.05) is 36.4 Å². The second-order valence-electron chi connectivity index (χ2n) is 5.49. The third-order valence-electron chi connectivity index (χ3n) is 3.85. The molecule has 0 aliphatic carbocycles. The molecule has 0 unspecified atom stereocenters. The Morgan fingerprint density at radius 2 is 1.92 bits per heavy atom. The second kappa shape index (κ2) is 6.30. The molecule has 0 atom stereocenters. The Hall–Kier alpha value is -2.31. The van der Waals surface area contributed by atoms with Crippen molar-refractivity contribution in [3.63, 3.8) is 0 Å². The fourth-order valence-electron chi connectivity index (χ4n) is 2.72. The summed E-state index contributed by atoms with van der Waals surface area (Å²) in [5.74, 6) is 0. The van der Waals surface area contributed by atoms with E-state index >= 15 is 0 Å². The molecule has 1 aromatic carbocycles. The van der Waals surface area contributed by atoms with Gasteiger partial charge in [0.25, 0.3) is 0 Å². The van der Waals surface area contributed by atoms with Gasteiger partial charge in [-0.05, 0) is 30.4 Å². The lowest BCUT2D eigenvalue weighted by Gasteiger charge is -2.08. The molecule has 0 saturated heterocycles. The quantitative estimate of drug-likeness (QED) is 0.554. The average molecular weight is 353 g/mol. The lowest BCUT2D eigenvalue weighted by Crippen LogP contribution is -2.24. The van der Waals surface area contributed by atoms with Crippen molar-refractivity contribution in [3.8, 4) is 10.6 Å². The minimum Gasteiger partial charge on any atom is -0.281 e. The zero-order valence-corrected chi connectivity index (χ0v) is 14.7. The molecule has 120 valence electrons. The Bertz CT molecular complexity index is 1030. The summed E-state index contributed by atoms with van der Waals surface area (Å²) in [6, 6.07) is 14.1. The highest BCUT2D eigenvalue weighted by molar-refractivity contribution is 7.18. The highest BCUT2D eigenvalue weighted by Gasteiger charge is 2.16. The molecule has 3 heterocycles. The number of aromatic nitrogens is 3. The highest BCUT2D eigenvalue weighted by atomic mass is 32.1. The van der Waals surface area contributed by atoms with Gasteiger partial charge in [-0.2, -0.15) is 4.98 Å². The summed E-state index contributed by atoms with van der Waals surface area (Å²) in [5.41, 5.74) is 2.53. The van der Waals surface area contributed by atoms with E-state index < -0.39 is 0 Å². The third kappa shape index (κ3) is 2.79. The van der Waals surface area contributed by atoms with Gasteiger partial charge in [0.2, 0.25) is 0 Å². The van der Waals surface area contributed by atoms with Gasteiger partial charge in [0.15, 0.2) is 0 Å². The Morgan fingerprint density at radius 3 is 2.67 bits per heavy atom. The van der Waals surface area contributed by atoms with E-state index in [2.05, 4.69) is 22.1 Å². The summed E-state index contributed by atoms with van der Waals surface area (Å²) in [6.45, 7) is 2.58. The van der Waals surface area contributed by atoms with Crippen molar-refractivity contribution >= 4 is 33.0 Å². The Labute approximate surface area is 147 Å². The number of fused-ring (bicyclic) bond motifs is 1. The van der Waals surface area contributed by atoms with E-state index in [9.17, 15) is 4.79 Å². The molecule has 4 aromatic rings. The lowest BCUT2D eigenvalue weighted by molar-refractivity contribution is 0.680. The Kier molecular flexibility index (Phi) is 4.00. The highest BCUT2D eigenvalue weighted by Crippen LogP contribution is 2.31. The molecule has 0 aliphatic heterocycles. The predicted octanol–water partition coefficient (Wildman–Crippen LogP) is 4.13. The van der Waals surface area contributed by atoms with E-state index in [4.69, 9.17) is 0 Å². The topological polar surface area (TPSA) is 47.8 Å². The Balaban J connectivity index is 1.80. The van der Waals surface area contributed by atoms with Crippen LogP contribution in [0.1, 0.15) is 10.6 Å². The normalized spacial score (nSPS) is 11.2. The summed E-state index contributed by atoms with van der Waals surface area (Å²) in [6.07, 6.45) is 0.798. The molecule has 6 heteroatoms. The number of hydrogen-bond acceptors (Lipinski definition) is 5. The van der Waals surface area contributed by atoms with Crippen LogP contribution in [0.25, 0.3) is 20.9 Å². The van der Waals surface area contributed by atoms with Crippen molar-refractivity contribution in [3.05, 3.63) is 68.9 Å². The summed E-state index contributed by atoms with van der Waals surface area (Å²) in [5, 5.41) is 2.94. The number of hydrogen-bond donors (Lipinski definition) is 0. The first kappa shape index (κ1) is 15.2. The van der Waals surface area contributed by atoms with Crippen molar-refractivity contribution in [1.29, 1.82) is 0 Å². The number of nitrogens with zero attached hydrogens (tertiary/aromatic N) is 3. The number of rotatable bonds is 4. The van der Waals surface area contributed by atoms with Gasteiger partial charge in [-0.25, -0.2) is 9.78 Å². The fourth-order valence-corrected chi connectivity index (χ4v) is 4.37. The molecule has 4 rings (SSSR count). The van der Waals surface area contributed by atoms with E-state index in [0.29, 0.717) is 12.2 Å². The monoisotopic (exact) mass is 353 g/mol. The van der Waals surface area contributed by atoms with E-state index in [1.54, 1.807) is 27.2 Å². The molecule has 24 heavy (non-hydrogen) atoms. The molecule has 0 N–H and O–H groups in total. The predicted molar refractivity (Wildman–Crippen MR) is 99.9 cm³/mol. The third-order valence-corrected chi connectivity index (χ3v) is 5.72. The van der Waals surface area contributed by atoms with E-state index in [1.807, 2.05) is 42.6 Å². The number of thiophene rings is 1. The molecule has 3 aromatic heterocycles. The maximum absolute atomic E-state index is 12.6. The van der Waals surface area contributed by atoms with Crippen molar-refractivity contribution < 1.29 is 0 Å². The molecule has 0 radical (unpaired) electrons. The molecular formula is C18H15N3OS2. The fraction of sp³-hybridized carbons (Fsp3) is 0.167. The number of aryl methyl sites for hydroxylation is 3. The van der Waals surface area contributed by atoms with Crippen molar-refractivity contribution in [2.45, 2.75) is 19.9 Å². The first-order valence-corrected chi connectivity index (χ1v) is 9.38. The summed E-state index contributed by atoms with van der Waals surface area (Å²) >= 11 is 3.13. The van der Waals surface area contributed by atoms with Crippen LogP contribution in [0.5, 0.6) is 0 Å². The molecular weight excluding hydrogens is 338 g/mol. The molecule has 4 nitrogen and oxygen atoms in total. The minimum atomic E-state index is -0.203. The van der Waals surface area contributed by atoms with E-state index in [1.165, 1.54) is 5.56 Å². The number of benzene rings is 1. The van der Waals surface area contributed by atoms with Crippen LogP contribution in [0.15, 0.2) is 52.6 Å². The maximum Gasteiger partial charge on any atom is 0.349 e. The van der Waals surface area contributed by atoms with Crippen molar-refractivity contribution in [2.24, 2.45) is 0 Å². The van der Waals surface area contributed by atoms with Crippen molar-refractivity contribution in [2.75, 3.05) is 0 Å². The Morgan fingerprint density at radius 1 is 1.08 bits per heavy atom. The average Bonchev–Trinajstić information content (AvgIpc) is 3.23.